The quantitative estimate of drug-likeness (QED) is 0.555. The van der Waals surface area contributed by atoms with Gasteiger partial charge in [-0.25, -0.2) is 13.8 Å². The number of nitrogens with zero attached hydrogens (tertiary/aromatic N) is 1. The monoisotopic (exact) mass is 347 g/mol. The van der Waals surface area contributed by atoms with Gasteiger partial charge in [-0.1, -0.05) is 30.3 Å². The Morgan fingerprint density at radius 3 is 2.52 bits per heavy atom. The van der Waals surface area contributed by atoms with Crippen molar-refractivity contribution < 1.29 is 13.9 Å². The van der Waals surface area contributed by atoms with Crippen molar-refractivity contribution in [3.05, 3.63) is 70.8 Å². The summed E-state index contributed by atoms with van der Waals surface area (Å²) in [5, 5.41) is 15.6. The standard InChI is InChI=1S/C19H23F2N3O/c1-3-22-19(23-11-14-6-4-5-7-15(14)12-25)24-13(2)17-9-8-16(20)10-18(17)21/h4-10,13,25H,3,11-12H2,1-2H3,(H2,22,23,24). The summed E-state index contributed by atoms with van der Waals surface area (Å²) >= 11 is 0. The lowest BCUT2D eigenvalue weighted by molar-refractivity contribution is 0.280. The van der Waals surface area contributed by atoms with E-state index in [1.54, 1.807) is 6.92 Å². The van der Waals surface area contributed by atoms with Gasteiger partial charge in [0.25, 0.3) is 0 Å². The van der Waals surface area contributed by atoms with E-state index in [4.69, 9.17) is 0 Å². The van der Waals surface area contributed by atoms with Gasteiger partial charge in [-0.15, -0.1) is 0 Å². The number of aliphatic hydroxyl groups is 1. The minimum Gasteiger partial charge on any atom is -0.392 e. The van der Waals surface area contributed by atoms with Crippen LogP contribution in [0.1, 0.15) is 36.6 Å². The number of rotatable bonds is 6. The van der Waals surface area contributed by atoms with Crippen molar-refractivity contribution in [1.82, 2.24) is 10.6 Å². The van der Waals surface area contributed by atoms with Gasteiger partial charge in [-0.2, -0.15) is 0 Å². The van der Waals surface area contributed by atoms with Crippen LogP contribution in [0, 0.1) is 11.6 Å². The molecule has 0 amide bonds. The molecule has 0 aliphatic carbocycles. The zero-order valence-corrected chi connectivity index (χ0v) is 14.4. The lowest BCUT2D eigenvalue weighted by Crippen LogP contribution is -2.39. The molecule has 0 heterocycles. The normalized spacial score (nSPS) is 12.8. The fraction of sp³-hybridized carbons (Fsp3) is 0.316. The minimum absolute atomic E-state index is 0.0488. The first kappa shape index (κ1) is 18.9. The van der Waals surface area contributed by atoms with Gasteiger partial charge in [0.15, 0.2) is 5.96 Å². The molecule has 0 aliphatic heterocycles. The fourth-order valence-corrected chi connectivity index (χ4v) is 2.49. The molecule has 25 heavy (non-hydrogen) atoms. The second-order valence-corrected chi connectivity index (χ2v) is 5.65. The van der Waals surface area contributed by atoms with Gasteiger partial charge in [0, 0.05) is 18.2 Å². The van der Waals surface area contributed by atoms with Crippen molar-refractivity contribution in [1.29, 1.82) is 0 Å². The summed E-state index contributed by atoms with van der Waals surface area (Å²) < 4.78 is 27.0. The van der Waals surface area contributed by atoms with E-state index in [1.165, 1.54) is 12.1 Å². The number of hydrogen-bond acceptors (Lipinski definition) is 2. The second-order valence-electron chi connectivity index (χ2n) is 5.65. The topological polar surface area (TPSA) is 56.7 Å². The van der Waals surface area contributed by atoms with E-state index in [1.807, 2.05) is 31.2 Å². The first-order valence-corrected chi connectivity index (χ1v) is 8.22. The summed E-state index contributed by atoms with van der Waals surface area (Å²) in [6.45, 7) is 4.69. The van der Waals surface area contributed by atoms with Crippen LogP contribution in [0.2, 0.25) is 0 Å². The number of hydrogen-bond donors (Lipinski definition) is 3. The van der Waals surface area contributed by atoms with Crippen LogP contribution in [0.3, 0.4) is 0 Å². The number of halogens is 2. The molecule has 1 unspecified atom stereocenters. The first-order valence-electron chi connectivity index (χ1n) is 8.22. The molecule has 1 atom stereocenters. The highest BCUT2D eigenvalue weighted by Gasteiger charge is 2.13. The molecule has 134 valence electrons. The fourth-order valence-electron chi connectivity index (χ4n) is 2.49. The Morgan fingerprint density at radius 2 is 1.88 bits per heavy atom. The van der Waals surface area contributed by atoms with Crippen molar-refractivity contribution in [2.24, 2.45) is 4.99 Å². The van der Waals surface area contributed by atoms with Crippen LogP contribution in [0.4, 0.5) is 8.78 Å². The van der Waals surface area contributed by atoms with E-state index in [-0.39, 0.29) is 12.6 Å². The molecule has 0 fully saturated rings. The number of nitrogens with one attached hydrogen (secondary N) is 2. The molecule has 0 radical (unpaired) electrons. The molecule has 2 aromatic carbocycles. The third kappa shape index (κ3) is 5.26. The van der Waals surface area contributed by atoms with Crippen LogP contribution in [0.15, 0.2) is 47.5 Å². The van der Waals surface area contributed by atoms with Crippen molar-refractivity contribution in [2.45, 2.75) is 33.0 Å². The Bertz CT molecular complexity index is 734. The molecule has 6 heteroatoms. The summed E-state index contributed by atoms with van der Waals surface area (Å²) in [4.78, 5) is 4.49. The third-order valence-electron chi connectivity index (χ3n) is 3.82. The molecule has 4 nitrogen and oxygen atoms in total. The number of benzene rings is 2. The summed E-state index contributed by atoms with van der Waals surface area (Å²) in [5.74, 6) is -0.678. The number of aliphatic hydroxyl groups excluding tert-OH is 1. The van der Waals surface area contributed by atoms with Gasteiger partial charge < -0.3 is 15.7 Å². The average Bonchev–Trinajstić information content (AvgIpc) is 2.60. The predicted octanol–water partition coefficient (Wildman–Crippen LogP) is 3.27. The van der Waals surface area contributed by atoms with Crippen molar-refractivity contribution in [3.63, 3.8) is 0 Å². The van der Waals surface area contributed by atoms with Crippen LogP contribution in [-0.4, -0.2) is 17.6 Å². The molecule has 2 aromatic rings. The number of guanidine groups is 1. The molecule has 0 spiro atoms. The Morgan fingerprint density at radius 1 is 1.16 bits per heavy atom. The van der Waals surface area contributed by atoms with Gasteiger partial charge in [0.1, 0.15) is 11.6 Å². The summed E-state index contributed by atoms with van der Waals surface area (Å²) in [6.07, 6.45) is 0. The van der Waals surface area contributed by atoms with Gasteiger partial charge in [-0.05, 0) is 31.0 Å². The molecule has 3 N–H and O–H groups in total. The smallest absolute Gasteiger partial charge is 0.192 e. The minimum atomic E-state index is -0.602. The summed E-state index contributed by atoms with van der Waals surface area (Å²) in [7, 11) is 0. The Kier molecular flexibility index (Phi) is 6.89. The van der Waals surface area contributed by atoms with E-state index < -0.39 is 11.6 Å². The Balaban J connectivity index is 2.14. The molecular formula is C19H23F2N3O. The summed E-state index contributed by atoms with van der Waals surface area (Å²) in [6, 6.07) is 10.7. The van der Waals surface area contributed by atoms with E-state index in [2.05, 4.69) is 15.6 Å². The first-order chi connectivity index (χ1) is 12.0. The maximum absolute atomic E-state index is 13.9. The van der Waals surface area contributed by atoms with E-state index >= 15 is 0 Å². The maximum Gasteiger partial charge on any atom is 0.192 e. The average molecular weight is 347 g/mol. The SMILES string of the molecule is CCNC(=NCc1ccccc1CO)NC(C)c1ccc(F)cc1F. The predicted molar refractivity (Wildman–Crippen MR) is 95.1 cm³/mol. The van der Waals surface area contributed by atoms with E-state index in [0.29, 0.717) is 24.6 Å². The Hall–Kier alpha value is -2.47. The van der Waals surface area contributed by atoms with Crippen LogP contribution in [-0.2, 0) is 13.2 Å². The van der Waals surface area contributed by atoms with Crippen LogP contribution >= 0.6 is 0 Å². The third-order valence-corrected chi connectivity index (χ3v) is 3.82. The highest BCUT2D eigenvalue weighted by Crippen LogP contribution is 2.17. The molecule has 0 saturated carbocycles. The zero-order chi connectivity index (χ0) is 18.2. The van der Waals surface area contributed by atoms with Crippen LogP contribution < -0.4 is 10.6 Å². The molecule has 0 aromatic heterocycles. The van der Waals surface area contributed by atoms with Gasteiger partial charge in [-0.3, -0.25) is 0 Å². The van der Waals surface area contributed by atoms with Gasteiger partial charge in [0.2, 0.25) is 0 Å². The molecule has 0 aliphatic rings. The molecule has 2 rings (SSSR count). The highest BCUT2D eigenvalue weighted by atomic mass is 19.1. The molecule has 0 saturated heterocycles. The highest BCUT2D eigenvalue weighted by molar-refractivity contribution is 5.80. The lowest BCUT2D eigenvalue weighted by atomic mass is 10.1. The van der Waals surface area contributed by atoms with Crippen molar-refractivity contribution in [3.8, 4) is 0 Å². The zero-order valence-electron chi connectivity index (χ0n) is 14.4. The van der Waals surface area contributed by atoms with Gasteiger partial charge >= 0.3 is 0 Å². The van der Waals surface area contributed by atoms with E-state index in [0.717, 1.165) is 17.2 Å². The maximum atomic E-state index is 13.9. The van der Waals surface area contributed by atoms with Crippen LogP contribution in [0.25, 0.3) is 0 Å². The number of aliphatic imine (C=N–C) groups is 1. The molecule has 0 bridgehead atoms. The largest absolute Gasteiger partial charge is 0.392 e. The summed E-state index contributed by atoms with van der Waals surface area (Å²) in [5.41, 5.74) is 2.10. The van der Waals surface area contributed by atoms with Crippen molar-refractivity contribution in [2.75, 3.05) is 6.54 Å². The Labute approximate surface area is 146 Å². The molecular weight excluding hydrogens is 324 g/mol. The van der Waals surface area contributed by atoms with Crippen LogP contribution in [0.5, 0.6) is 0 Å². The van der Waals surface area contributed by atoms with E-state index in [9.17, 15) is 13.9 Å². The lowest BCUT2D eigenvalue weighted by Gasteiger charge is -2.19. The van der Waals surface area contributed by atoms with Crippen molar-refractivity contribution >= 4 is 5.96 Å². The second kappa shape index (κ2) is 9.13. The van der Waals surface area contributed by atoms with Gasteiger partial charge in [0.05, 0.1) is 19.2 Å².